The van der Waals surface area contributed by atoms with E-state index >= 15 is 0 Å². The van der Waals surface area contributed by atoms with Crippen LogP contribution in [0.1, 0.15) is 16.7 Å². The van der Waals surface area contributed by atoms with E-state index in [1.807, 2.05) is 61.5 Å². The zero-order chi connectivity index (χ0) is 19.3. The highest BCUT2D eigenvalue weighted by Crippen LogP contribution is 2.20. The first kappa shape index (κ1) is 19.2. The lowest BCUT2D eigenvalue weighted by Crippen LogP contribution is -2.26. The lowest BCUT2D eigenvalue weighted by atomic mass is 10.2. The van der Waals surface area contributed by atoms with Crippen LogP contribution in [0.15, 0.2) is 88.2 Å². The number of benzene rings is 3. The molecule has 0 unspecified atom stereocenters. The maximum atomic E-state index is 13.1. The molecule has 0 N–H and O–H groups in total. The van der Waals surface area contributed by atoms with Crippen molar-refractivity contribution in [2.75, 3.05) is 0 Å². The summed E-state index contributed by atoms with van der Waals surface area (Å²) >= 11 is 3.33. The number of hydrogen-bond acceptors (Lipinski definition) is 2. The minimum Gasteiger partial charge on any atom is -0.220 e. The van der Waals surface area contributed by atoms with Crippen molar-refractivity contribution in [3.05, 3.63) is 100 Å². The Morgan fingerprint density at radius 1 is 0.889 bits per heavy atom. The van der Waals surface area contributed by atoms with Gasteiger partial charge >= 0.3 is 0 Å². The topological polar surface area (TPSA) is 37.4 Å². The van der Waals surface area contributed by atoms with Crippen LogP contribution in [0.25, 0.3) is 0 Å². The molecule has 3 nitrogen and oxygen atoms in total. The Bertz CT molecular complexity index is 1070. The smallest absolute Gasteiger partial charge is 0.220 e. The summed E-state index contributed by atoms with van der Waals surface area (Å²) in [6, 6.07) is 26.5. The van der Waals surface area contributed by atoms with Crippen molar-refractivity contribution in [1.82, 2.24) is 4.31 Å². The molecular weight excluding hydrogens is 422 g/mol. The van der Waals surface area contributed by atoms with Gasteiger partial charge < -0.3 is 0 Å². The van der Waals surface area contributed by atoms with Crippen LogP contribution in [-0.2, 0) is 16.6 Å². The third kappa shape index (κ3) is 5.00. The van der Waals surface area contributed by atoms with Gasteiger partial charge in [-0.15, -0.1) is 0 Å². The quantitative estimate of drug-likeness (QED) is 0.425. The molecule has 0 aliphatic heterocycles. The van der Waals surface area contributed by atoms with Crippen molar-refractivity contribution in [2.24, 2.45) is 0 Å². The molecular formula is C22H18BrNO2S. The number of aryl methyl sites for hydroxylation is 1. The van der Waals surface area contributed by atoms with Gasteiger partial charge in [0.25, 0.3) is 10.0 Å². The molecule has 0 saturated carbocycles. The fraction of sp³-hybridized carbons (Fsp3) is 0.0909. The molecule has 136 valence electrons. The summed E-state index contributed by atoms with van der Waals surface area (Å²) in [5.74, 6) is 2.97. The number of hydrogen-bond donors (Lipinski definition) is 0. The Balaban J connectivity index is 1.99. The zero-order valence-corrected chi connectivity index (χ0v) is 17.2. The number of nitrogens with zero attached hydrogens (tertiary/aromatic N) is 1. The Kier molecular flexibility index (Phi) is 6.00. The summed E-state index contributed by atoms with van der Waals surface area (Å²) in [5, 5.41) is 0. The monoisotopic (exact) mass is 439 g/mol. The maximum absolute atomic E-state index is 13.1. The second-order valence-corrected chi connectivity index (χ2v) is 8.83. The summed E-state index contributed by atoms with van der Waals surface area (Å²) in [6.07, 6.45) is 0. The molecule has 27 heavy (non-hydrogen) atoms. The van der Waals surface area contributed by atoms with Crippen LogP contribution in [0.2, 0.25) is 0 Å². The third-order valence-corrected chi connectivity index (χ3v) is 6.14. The fourth-order valence-electron chi connectivity index (χ4n) is 2.43. The molecule has 0 aromatic heterocycles. The van der Waals surface area contributed by atoms with Gasteiger partial charge in [0.2, 0.25) is 0 Å². The van der Waals surface area contributed by atoms with E-state index in [9.17, 15) is 8.42 Å². The Labute approximate surface area is 168 Å². The molecule has 0 aliphatic rings. The van der Waals surface area contributed by atoms with Gasteiger partial charge in [-0.05, 0) is 54.8 Å². The molecule has 0 bridgehead atoms. The zero-order valence-electron chi connectivity index (χ0n) is 14.8. The van der Waals surface area contributed by atoms with Gasteiger partial charge in [-0.1, -0.05) is 64.0 Å². The fourth-order valence-corrected chi connectivity index (χ4v) is 3.92. The van der Waals surface area contributed by atoms with Gasteiger partial charge in [0, 0.05) is 16.1 Å². The van der Waals surface area contributed by atoms with E-state index in [1.54, 1.807) is 24.3 Å². The normalized spacial score (nSPS) is 10.7. The molecule has 0 aliphatic carbocycles. The van der Waals surface area contributed by atoms with Crippen molar-refractivity contribution in [3.8, 4) is 12.0 Å². The van der Waals surface area contributed by atoms with E-state index in [0.29, 0.717) is 0 Å². The predicted molar refractivity (Wildman–Crippen MR) is 111 cm³/mol. The first-order valence-electron chi connectivity index (χ1n) is 8.36. The van der Waals surface area contributed by atoms with Crippen molar-refractivity contribution >= 4 is 26.0 Å². The number of rotatable bonds is 4. The van der Waals surface area contributed by atoms with E-state index in [0.717, 1.165) is 21.2 Å². The van der Waals surface area contributed by atoms with E-state index in [-0.39, 0.29) is 11.4 Å². The Morgan fingerprint density at radius 2 is 1.52 bits per heavy atom. The van der Waals surface area contributed by atoms with Gasteiger partial charge in [0.1, 0.15) is 0 Å². The molecule has 0 spiro atoms. The number of halogens is 1. The summed E-state index contributed by atoms with van der Waals surface area (Å²) < 4.78 is 28.3. The molecule has 0 fully saturated rings. The van der Waals surface area contributed by atoms with E-state index in [1.165, 1.54) is 4.31 Å². The van der Waals surface area contributed by atoms with Crippen LogP contribution in [0.3, 0.4) is 0 Å². The van der Waals surface area contributed by atoms with Gasteiger partial charge in [-0.25, -0.2) is 12.7 Å². The highest BCUT2D eigenvalue weighted by Gasteiger charge is 2.22. The van der Waals surface area contributed by atoms with Crippen molar-refractivity contribution in [3.63, 3.8) is 0 Å². The molecule has 0 atom stereocenters. The third-order valence-electron chi connectivity index (χ3n) is 3.95. The van der Waals surface area contributed by atoms with Crippen LogP contribution >= 0.6 is 15.9 Å². The van der Waals surface area contributed by atoms with Crippen LogP contribution < -0.4 is 0 Å². The van der Waals surface area contributed by atoms with E-state index in [4.69, 9.17) is 0 Å². The SMILES string of the molecule is Cc1ccc(C#CN(Cc2ccccc2)S(=O)(=O)c2ccc(Br)cc2)cc1. The molecule has 5 heteroatoms. The molecule has 0 heterocycles. The lowest BCUT2D eigenvalue weighted by molar-refractivity contribution is 0.508. The van der Waals surface area contributed by atoms with Gasteiger partial charge in [0.15, 0.2) is 0 Å². The Morgan fingerprint density at radius 3 is 2.15 bits per heavy atom. The second kappa shape index (κ2) is 8.43. The predicted octanol–water partition coefficient (Wildman–Crippen LogP) is 4.96. The van der Waals surface area contributed by atoms with Crippen molar-refractivity contribution in [2.45, 2.75) is 18.4 Å². The van der Waals surface area contributed by atoms with Crippen LogP contribution in [0, 0.1) is 18.9 Å². The van der Waals surface area contributed by atoms with Gasteiger partial charge in [-0.3, -0.25) is 0 Å². The summed E-state index contributed by atoms with van der Waals surface area (Å²) in [5.41, 5.74) is 2.77. The summed E-state index contributed by atoms with van der Waals surface area (Å²) in [4.78, 5) is 0.208. The first-order chi connectivity index (χ1) is 12.9. The average Bonchev–Trinajstić information content (AvgIpc) is 2.67. The summed E-state index contributed by atoms with van der Waals surface area (Å²) in [6.45, 7) is 2.18. The molecule has 0 amide bonds. The Hall–Kier alpha value is -2.55. The van der Waals surface area contributed by atoms with E-state index in [2.05, 4.69) is 27.9 Å². The van der Waals surface area contributed by atoms with Crippen LogP contribution in [-0.4, -0.2) is 12.7 Å². The highest BCUT2D eigenvalue weighted by atomic mass is 79.9. The van der Waals surface area contributed by atoms with Crippen molar-refractivity contribution < 1.29 is 8.42 Å². The minimum absolute atomic E-state index is 0.179. The van der Waals surface area contributed by atoms with Crippen LogP contribution in [0.5, 0.6) is 0 Å². The summed E-state index contributed by atoms with van der Waals surface area (Å²) in [7, 11) is -3.76. The first-order valence-corrected chi connectivity index (χ1v) is 10.6. The highest BCUT2D eigenvalue weighted by molar-refractivity contribution is 9.10. The molecule has 3 rings (SSSR count). The molecule has 0 saturated heterocycles. The minimum atomic E-state index is -3.76. The second-order valence-electron chi connectivity index (χ2n) is 6.05. The van der Waals surface area contributed by atoms with Gasteiger partial charge in [-0.2, -0.15) is 0 Å². The molecule has 3 aromatic rings. The molecule has 3 aromatic carbocycles. The van der Waals surface area contributed by atoms with Crippen molar-refractivity contribution in [1.29, 1.82) is 0 Å². The largest absolute Gasteiger partial charge is 0.271 e. The molecule has 0 radical (unpaired) electrons. The number of sulfonamides is 1. The van der Waals surface area contributed by atoms with E-state index < -0.39 is 10.0 Å². The average molecular weight is 440 g/mol. The maximum Gasteiger partial charge on any atom is 0.271 e. The lowest BCUT2D eigenvalue weighted by Gasteiger charge is -2.18. The standard InChI is InChI=1S/C22H18BrNO2S/c1-18-7-9-19(10-8-18)15-16-24(17-20-5-3-2-4-6-20)27(25,26)22-13-11-21(23)12-14-22/h2-14H,17H2,1H3. The van der Waals surface area contributed by atoms with Gasteiger partial charge in [0.05, 0.1) is 11.4 Å². The van der Waals surface area contributed by atoms with Crippen LogP contribution in [0.4, 0.5) is 0 Å².